The predicted molar refractivity (Wildman–Crippen MR) is 91.8 cm³/mol. The highest BCUT2D eigenvalue weighted by Gasteiger charge is 2.26. The van der Waals surface area contributed by atoms with Gasteiger partial charge in [0.25, 0.3) is 5.56 Å². The Labute approximate surface area is 143 Å². The smallest absolute Gasteiger partial charge is 0.262 e. The average molecular weight is 348 g/mol. The van der Waals surface area contributed by atoms with Crippen LogP contribution in [0.4, 0.5) is 0 Å². The molecule has 3 rings (SSSR count). The van der Waals surface area contributed by atoms with Crippen LogP contribution in [0, 0.1) is 5.92 Å². The Bertz CT molecular complexity index is 833. The van der Waals surface area contributed by atoms with E-state index in [-0.39, 0.29) is 29.8 Å². The van der Waals surface area contributed by atoms with Crippen molar-refractivity contribution in [3.8, 4) is 0 Å². The predicted octanol–water partition coefficient (Wildman–Crippen LogP) is 0.744. The first-order chi connectivity index (χ1) is 11.5. The number of carbonyl (C=O) groups excluding carboxylic acids is 2. The van der Waals surface area contributed by atoms with E-state index >= 15 is 0 Å². The summed E-state index contributed by atoms with van der Waals surface area (Å²) in [7, 11) is 0. The number of rotatable bonds is 4. The topological polar surface area (TPSA) is 98.3 Å². The highest BCUT2D eigenvalue weighted by molar-refractivity contribution is 7.18. The van der Waals surface area contributed by atoms with Crippen molar-refractivity contribution in [2.24, 2.45) is 11.7 Å². The fourth-order valence-electron chi connectivity index (χ4n) is 2.96. The molecular weight excluding hydrogens is 328 g/mol. The monoisotopic (exact) mass is 348 g/mol. The van der Waals surface area contributed by atoms with E-state index in [0.717, 1.165) is 11.3 Å². The van der Waals surface area contributed by atoms with Crippen molar-refractivity contribution in [1.29, 1.82) is 0 Å². The summed E-state index contributed by atoms with van der Waals surface area (Å²) in [6.07, 6.45) is 3.46. The van der Waals surface area contributed by atoms with Gasteiger partial charge in [-0.2, -0.15) is 0 Å². The molecule has 0 aromatic carbocycles. The van der Waals surface area contributed by atoms with E-state index in [1.54, 1.807) is 4.90 Å². The maximum Gasteiger partial charge on any atom is 0.262 e. The largest absolute Gasteiger partial charge is 0.369 e. The fraction of sp³-hybridized carbons (Fsp3) is 0.500. The third-order valence-corrected chi connectivity index (χ3v) is 5.66. The zero-order valence-electron chi connectivity index (χ0n) is 13.5. The molecule has 128 valence electrons. The van der Waals surface area contributed by atoms with Crippen LogP contribution in [0.5, 0.6) is 0 Å². The van der Waals surface area contributed by atoms with E-state index in [1.165, 1.54) is 22.2 Å². The lowest BCUT2D eigenvalue weighted by Gasteiger charge is -2.30. The van der Waals surface area contributed by atoms with Crippen LogP contribution in [0.3, 0.4) is 0 Å². The van der Waals surface area contributed by atoms with E-state index in [1.807, 2.05) is 13.0 Å². The van der Waals surface area contributed by atoms with Gasteiger partial charge in [-0.15, -0.1) is 11.3 Å². The van der Waals surface area contributed by atoms with Crippen LogP contribution in [0.1, 0.15) is 24.6 Å². The lowest BCUT2D eigenvalue weighted by atomic mass is 9.96. The summed E-state index contributed by atoms with van der Waals surface area (Å²) in [5.74, 6) is -0.600. The van der Waals surface area contributed by atoms with Gasteiger partial charge in [-0.3, -0.25) is 19.0 Å². The van der Waals surface area contributed by atoms with Gasteiger partial charge in [-0.05, 0) is 25.3 Å². The number of piperidine rings is 1. The Morgan fingerprint density at radius 1 is 1.38 bits per heavy atom. The van der Waals surface area contributed by atoms with E-state index in [9.17, 15) is 14.4 Å². The van der Waals surface area contributed by atoms with Gasteiger partial charge in [0.05, 0.1) is 11.7 Å². The summed E-state index contributed by atoms with van der Waals surface area (Å²) in [4.78, 5) is 43.9. The molecule has 2 aromatic heterocycles. The number of carbonyl (C=O) groups is 2. The van der Waals surface area contributed by atoms with Gasteiger partial charge in [0, 0.05) is 23.9 Å². The second-order valence-corrected chi connectivity index (χ2v) is 7.14. The molecule has 2 aromatic rings. The quantitative estimate of drug-likeness (QED) is 0.881. The van der Waals surface area contributed by atoms with Crippen molar-refractivity contribution in [3.05, 3.63) is 27.6 Å². The maximum atomic E-state index is 12.5. The summed E-state index contributed by atoms with van der Waals surface area (Å²) >= 11 is 1.51. The van der Waals surface area contributed by atoms with Crippen LogP contribution in [0.2, 0.25) is 0 Å². The van der Waals surface area contributed by atoms with Gasteiger partial charge in [-0.25, -0.2) is 4.98 Å². The molecular formula is C16H20N4O3S. The SMILES string of the molecule is CCc1cc2c(=O)n(CC(=O)N3CCC(C(N)=O)CC3)cnc2s1. The van der Waals surface area contributed by atoms with Crippen LogP contribution in [0.15, 0.2) is 17.2 Å². The number of likely N-dealkylation sites (tertiary alicyclic amines) is 1. The molecule has 0 aliphatic carbocycles. The molecule has 2 amide bonds. The number of hydrogen-bond acceptors (Lipinski definition) is 5. The van der Waals surface area contributed by atoms with Gasteiger partial charge < -0.3 is 10.6 Å². The molecule has 1 aliphatic heterocycles. The zero-order chi connectivity index (χ0) is 17.3. The van der Waals surface area contributed by atoms with Crippen molar-refractivity contribution >= 4 is 33.4 Å². The third-order valence-electron chi connectivity index (χ3n) is 4.47. The molecule has 0 atom stereocenters. The standard InChI is InChI=1S/C16H20N4O3S/c1-2-11-7-12-15(24-11)18-9-20(16(12)23)8-13(21)19-5-3-10(4-6-19)14(17)22/h7,9-10H,2-6,8H2,1H3,(H2,17,22). The molecule has 2 N–H and O–H groups in total. The highest BCUT2D eigenvalue weighted by atomic mass is 32.1. The van der Waals surface area contributed by atoms with Gasteiger partial charge in [0.2, 0.25) is 11.8 Å². The molecule has 8 heteroatoms. The number of aromatic nitrogens is 2. The van der Waals surface area contributed by atoms with Gasteiger partial charge in [0.1, 0.15) is 11.4 Å². The normalized spacial score (nSPS) is 15.8. The first-order valence-electron chi connectivity index (χ1n) is 8.04. The molecule has 0 bridgehead atoms. The molecule has 0 spiro atoms. The minimum Gasteiger partial charge on any atom is -0.369 e. The summed E-state index contributed by atoms with van der Waals surface area (Å²) in [6, 6.07) is 1.86. The Morgan fingerprint density at radius 2 is 2.08 bits per heavy atom. The fourth-order valence-corrected chi connectivity index (χ4v) is 3.88. The molecule has 0 radical (unpaired) electrons. The molecule has 0 unspecified atom stereocenters. The Kier molecular flexibility index (Phi) is 4.66. The summed E-state index contributed by atoms with van der Waals surface area (Å²) in [5.41, 5.74) is 5.12. The van der Waals surface area contributed by atoms with Crippen LogP contribution >= 0.6 is 11.3 Å². The Morgan fingerprint density at radius 3 is 2.71 bits per heavy atom. The summed E-state index contributed by atoms with van der Waals surface area (Å²) < 4.78 is 1.36. The first kappa shape index (κ1) is 16.6. The van der Waals surface area contributed by atoms with Crippen LogP contribution < -0.4 is 11.3 Å². The number of fused-ring (bicyclic) bond motifs is 1. The van der Waals surface area contributed by atoms with Crippen molar-refractivity contribution in [2.75, 3.05) is 13.1 Å². The number of amides is 2. The number of nitrogens with zero attached hydrogens (tertiary/aromatic N) is 3. The van der Waals surface area contributed by atoms with Crippen molar-refractivity contribution in [2.45, 2.75) is 32.7 Å². The number of hydrogen-bond donors (Lipinski definition) is 1. The number of nitrogens with two attached hydrogens (primary N) is 1. The molecule has 24 heavy (non-hydrogen) atoms. The lowest BCUT2D eigenvalue weighted by molar-refractivity contribution is -0.135. The van der Waals surface area contributed by atoms with Gasteiger partial charge in [0.15, 0.2) is 0 Å². The van der Waals surface area contributed by atoms with Crippen LogP contribution in [-0.4, -0.2) is 39.4 Å². The van der Waals surface area contributed by atoms with Gasteiger partial charge in [-0.1, -0.05) is 6.92 Å². The molecule has 3 heterocycles. The summed E-state index contributed by atoms with van der Waals surface area (Å²) in [6.45, 7) is 2.99. The highest BCUT2D eigenvalue weighted by Crippen LogP contribution is 2.21. The average Bonchev–Trinajstić information content (AvgIpc) is 3.01. The molecule has 0 saturated carbocycles. The Balaban J connectivity index is 1.73. The van der Waals surface area contributed by atoms with E-state index in [4.69, 9.17) is 5.73 Å². The van der Waals surface area contributed by atoms with Crippen molar-refractivity contribution in [1.82, 2.24) is 14.5 Å². The molecule has 1 aliphatic rings. The lowest BCUT2D eigenvalue weighted by Crippen LogP contribution is -2.43. The number of aryl methyl sites for hydroxylation is 1. The molecule has 1 saturated heterocycles. The van der Waals surface area contributed by atoms with E-state index < -0.39 is 0 Å². The summed E-state index contributed by atoms with van der Waals surface area (Å²) in [5, 5.41) is 0.569. The van der Waals surface area contributed by atoms with E-state index in [2.05, 4.69) is 4.98 Å². The van der Waals surface area contributed by atoms with Crippen LogP contribution in [0.25, 0.3) is 10.2 Å². The van der Waals surface area contributed by atoms with Crippen molar-refractivity contribution < 1.29 is 9.59 Å². The first-order valence-corrected chi connectivity index (χ1v) is 8.86. The van der Waals surface area contributed by atoms with E-state index in [0.29, 0.717) is 36.1 Å². The zero-order valence-corrected chi connectivity index (χ0v) is 14.3. The number of thiophene rings is 1. The van der Waals surface area contributed by atoms with Crippen molar-refractivity contribution in [3.63, 3.8) is 0 Å². The molecule has 7 nitrogen and oxygen atoms in total. The second kappa shape index (κ2) is 6.72. The Hall–Kier alpha value is -2.22. The maximum absolute atomic E-state index is 12.5. The number of primary amides is 1. The second-order valence-electron chi connectivity index (χ2n) is 6.02. The third kappa shape index (κ3) is 3.19. The minimum atomic E-state index is -0.308. The minimum absolute atomic E-state index is 0.0275. The van der Waals surface area contributed by atoms with Gasteiger partial charge >= 0.3 is 0 Å². The molecule has 1 fully saturated rings. The van der Waals surface area contributed by atoms with Crippen LogP contribution in [-0.2, 0) is 22.6 Å².